The van der Waals surface area contributed by atoms with E-state index < -0.39 is 9.84 Å². The summed E-state index contributed by atoms with van der Waals surface area (Å²) in [6.45, 7) is 0. The zero-order valence-corrected chi connectivity index (χ0v) is 15.5. The predicted octanol–water partition coefficient (Wildman–Crippen LogP) is 3.14. The van der Waals surface area contributed by atoms with Gasteiger partial charge >= 0.3 is 0 Å². The van der Waals surface area contributed by atoms with E-state index in [1.165, 1.54) is 5.56 Å². The number of para-hydroxylation sites is 1. The van der Waals surface area contributed by atoms with Crippen LogP contribution >= 0.6 is 11.8 Å². The van der Waals surface area contributed by atoms with Crippen LogP contribution in [0.3, 0.4) is 0 Å². The second-order valence-corrected chi connectivity index (χ2v) is 9.35. The Balaban J connectivity index is 1.69. The van der Waals surface area contributed by atoms with Gasteiger partial charge in [0.05, 0.1) is 23.3 Å². The zero-order chi connectivity index (χ0) is 17.7. The molecule has 6 heteroatoms. The summed E-state index contributed by atoms with van der Waals surface area (Å²) in [6, 6.07) is 19.1. The van der Waals surface area contributed by atoms with E-state index in [0.29, 0.717) is 12.2 Å². The normalized spacial score (nSPS) is 18.8. The molecule has 2 aromatic carbocycles. The van der Waals surface area contributed by atoms with Crippen LogP contribution in [0.15, 0.2) is 60.7 Å². The molecule has 25 heavy (non-hydrogen) atoms. The van der Waals surface area contributed by atoms with E-state index in [9.17, 15) is 13.2 Å². The average molecular weight is 376 g/mol. The lowest BCUT2D eigenvalue weighted by molar-refractivity contribution is -0.116. The fourth-order valence-electron chi connectivity index (χ4n) is 3.03. The number of carbonyl (C=O) groups is 1. The van der Waals surface area contributed by atoms with Crippen molar-refractivity contribution < 1.29 is 13.2 Å². The molecular weight excluding hydrogens is 354 g/mol. The van der Waals surface area contributed by atoms with E-state index in [0.717, 1.165) is 11.4 Å². The van der Waals surface area contributed by atoms with Crippen molar-refractivity contribution >= 4 is 33.2 Å². The largest absolute Gasteiger partial charge is 0.308 e. The minimum atomic E-state index is -3.05. The van der Waals surface area contributed by atoms with Gasteiger partial charge in [-0.2, -0.15) is 0 Å². The maximum absolute atomic E-state index is 12.8. The first-order chi connectivity index (χ1) is 12.1. The Morgan fingerprint density at radius 1 is 1.04 bits per heavy atom. The molecule has 1 heterocycles. The van der Waals surface area contributed by atoms with Gasteiger partial charge in [-0.05, 0) is 24.1 Å². The Morgan fingerprint density at radius 3 is 2.28 bits per heavy atom. The summed E-state index contributed by atoms with van der Waals surface area (Å²) >= 11 is 1.56. The Labute approximate surface area is 153 Å². The maximum Gasteiger partial charge on any atom is 0.237 e. The predicted molar refractivity (Wildman–Crippen MR) is 104 cm³/mol. The Kier molecular flexibility index (Phi) is 5.81. The van der Waals surface area contributed by atoms with E-state index in [1.54, 1.807) is 16.7 Å². The van der Waals surface area contributed by atoms with Gasteiger partial charge in [-0.25, -0.2) is 8.42 Å². The molecule has 0 radical (unpaired) electrons. The van der Waals surface area contributed by atoms with Crippen LogP contribution < -0.4 is 4.90 Å². The highest BCUT2D eigenvalue weighted by atomic mass is 32.2. The molecule has 2 aromatic rings. The van der Waals surface area contributed by atoms with Crippen LogP contribution in [0.1, 0.15) is 12.0 Å². The molecule has 1 atom stereocenters. The molecule has 132 valence electrons. The van der Waals surface area contributed by atoms with Crippen LogP contribution in [0.5, 0.6) is 0 Å². The van der Waals surface area contributed by atoms with Crippen LogP contribution in [0, 0.1) is 0 Å². The second kappa shape index (κ2) is 8.06. The zero-order valence-electron chi connectivity index (χ0n) is 13.9. The molecule has 1 aliphatic heterocycles. The lowest BCUT2D eigenvalue weighted by atomic mass is 10.2. The van der Waals surface area contributed by atoms with Crippen molar-refractivity contribution in [1.29, 1.82) is 0 Å². The van der Waals surface area contributed by atoms with Crippen LogP contribution in [0.4, 0.5) is 5.69 Å². The first kappa shape index (κ1) is 18.0. The summed E-state index contributed by atoms with van der Waals surface area (Å²) in [4.78, 5) is 14.5. The quantitative estimate of drug-likeness (QED) is 0.778. The number of sulfone groups is 1. The molecule has 0 aromatic heterocycles. The van der Waals surface area contributed by atoms with Crippen molar-refractivity contribution in [2.45, 2.75) is 18.2 Å². The summed E-state index contributed by atoms with van der Waals surface area (Å²) in [7, 11) is -3.05. The van der Waals surface area contributed by atoms with E-state index in [1.807, 2.05) is 60.7 Å². The molecule has 0 spiro atoms. The highest BCUT2D eigenvalue weighted by molar-refractivity contribution is 7.99. The fourth-order valence-corrected chi connectivity index (χ4v) is 5.57. The summed E-state index contributed by atoms with van der Waals surface area (Å²) in [5.74, 6) is 1.27. The number of amides is 1. The molecule has 0 aliphatic carbocycles. The highest BCUT2D eigenvalue weighted by Gasteiger charge is 2.35. The smallest absolute Gasteiger partial charge is 0.237 e. The van der Waals surface area contributed by atoms with E-state index >= 15 is 0 Å². The fraction of sp³-hybridized carbons (Fsp3) is 0.316. The Hall–Kier alpha value is -1.79. The van der Waals surface area contributed by atoms with E-state index in [2.05, 4.69) is 0 Å². The van der Waals surface area contributed by atoms with Gasteiger partial charge in [-0.3, -0.25) is 4.79 Å². The van der Waals surface area contributed by atoms with Gasteiger partial charge in [-0.15, -0.1) is 11.8 Å². The number of anilines is 1. The third-order valence-electron chi connectivity index (χ3n) is 4.21. The minimum absolute atomic E-state index is 0.0331. The molecule has 0 saturated carbocycles. The maximum atomic E-state index is 12.8. The van der Waals surface area contributed by atoms with Gasteiger partial charge in [0, 0.05) is 11.4 Å². The number of hydrogen-bond donors (Lipinski definition) is 0. The standard InChI is InChI=1S/C19H21NO3S2/c21-19(14-24-13-16-7-3-1-4-8-16)20(17-9-5-2-6-10-17)18-11-12-25(22,23)15-18/h1-10,18H,11-15H2/t18-/m1/s1. The van der Waals surface area contributed by atoms with Crippen molar-refractivity contribution in [2.24, 2.45) is 0 Å². The first-order valence-electron chi connectivity index (χ1n) is 8.24. The van der Waals surface area contributed by atoms with Gasteiger partial charge in [0.1, 0.15) is 0 Å². The summed E-state index contributed by atoms with van der Waals surface area (Å²) in [5.41, 5.74) is 1.95. The molecule has 4 nitrogen and oxygen atoms in total. The number of hydrogen-bond acceptors (Lipinski definition) is 4. The summed E-state index contributed by atoms with van der Waals surface area (Å²) in [5, 5.41) is 0. The van der Waals surface area contributed by atoms with E-state index in [4.69, 9.17) is 0 Å². The molecule has 0 unspecified atom stereocenters. The monoisotopic (exact) mass is 375 g/mol. The third kappa shape index (κ3) is 4.86. The number of thioether (sulfide) groups is 1. The van der Waals surface area contributed by atoms with Gasteiger partial charge in [0.25, 0.3) is 0 Å². The molecule has 1 amide bonds. The highest BCUT2D eigenvalue weighted by Crippen LogP contribution is 2.25. The van der Waals surface area contributed by atoms with Crippen molar-refractivity contribution in [2.75, 3.05) is 22.2 Å². The molecule has 0 N–H and O–H groups in total. The Bertz CT molecular complexity index is 807. The molecule has 0 bridgehead atoms. The van der Waals surface area contributed by atoms with Crippen LogP contribution in [0.25, 0.3) is 0 Å². The number of rotatable bonds is 6. The number of nitrogens with zero attached hydrogens (tertiary/aromatic N) is 1. The van der Waals surface area contributed by atoms with Crippen molar-refractivity contribution in [1.82, 2.24) is 0 Å². The Morgan fingerprint density at radius 2 is 1.68 bits per heavy atom. The molecule has 3 rings (SSSR count). The molecule has 1 fully saturated rings. The molecule has 1 aliphatic rings. The lowest BCUT2D eigenvalue weighted by Crippen LogP contribution is -2.42. The first-order valence-corrected chi connectivity index (χ1v) is 11.2. The number of carbonyl (C=O) groups excluding carboxylic acids is 1. The SMILES string of the molecule is O=C(CSCc1ccccc1)N(c1ccccc1)[C@@H]1CCS(=O)(=O)C1. The minimum Gasteiger partial charge on any atom is -0.308 e. The van der Waals surface area contributed by atoms with E-state index in [-0.39, 0.29) is 23.5 Å². The summed E-state index contributed by atoms with van der Waals surface area (Å²) < 4.78 is 23.7. The lowest BCUT2D eigenvalue weighted by Gasteiger charge is -2.28. The van der Waals surface area contributed by atoms with Crippen LogP contribution in [0.2, 0.25) is 0 Å². The van der Waals surface area contributed by atoms with Crippen molar-refractivity contribution in [3.63, 3.8) is 0 Å². The third-order valence-corrected chi connectivity index (χ3v) is 6.95. The van der Waals surface area contributed by atoms with Crippen LogP contribution in [-0.2, 0) is 20.4 Å². The van der Waals surface area contributed by atoms with Gasteiger partial charge in [0.15, 0.2) is 9.84 Å². The molecule has 1 saturated heterocycles. The van der Waals surface area contributed by atoms with Gasteiger partial charge in [0.2, 0.25) is 5.91 Å². The topological polar surface area (TPSA) is 54.5 Å². The van der Waals surface area contributed by atoms with Crippen molar-refractivity contribution in [3.8, 4) is 0 Å². The van der Waals surface area contributed by atoms with Crippen molar-refractivity contribution in [3.05, 3.63) is 66.2 Å². The van der Waals surface area contributed by atoms with Gasteiger partial charge < -0.3 is 4.90 Å². The number of benzene rings is 2. The van der Waals surface area contributed by atoms with Gasteiger partial charge in [-0.1, -0.05) is 48.5 Å². The molecular formula is C19H21NO3S2. The second-order valence-electron chi connectivity index (χ2n) is 6.13. The summed E-state index contributed by atoms with van der Waals surface area (Å²) in [6.07, 6.45) is 0.506. The average Bonchev–Trinajstić information content (AvgIpc) is 2.96. The van der Waals surface area contributed by atoms with Crippen LogP contribution in [-0.4, -0.2) is 37.6 Å².